The van der Waals surface area contributed by atoms with Crippen molar-refractivity contribution in [2.75, 3.05) is 10.2 Å². The molecule has 8 nitrogen and oxygen atoms in total. The Kier molecular flexibility index (Phi) is 4.84. The molecule has 162 valence electrons. The molecular formula is C24H23N5O3. The highest BCUT2D eigenvalue weighted by atomic mass is 16.2. The van der Waals surface area contributed by atoms with E-state index in [0.717, 1.165) is 29.8 Å². The van der Waals surface area contributed by atoms with Gasteiger partial charge in [-0.05, 0) is 56.5 Å². The first-order chi connectivity index (χ1) is 15.4. The second-order valence-electron chi connectivity index (χ2n) is 8.37. The zero-order chi connectivity index (χ0) is 22.4. The molecule has 2 aromatic carbocycles. The Labute approximate surface area is 185 Å². The SMILES string of the molecule is Cc1ccc(-n2nnc(C(=O)Nc3cccc(N4C(=O)CCC4=O)c3C)c2C2CC2)cc1. The molecule has 3 amide bonds. The van der Waals surface area contributed by atoms with Gasteiger partial charge in [0.1, 0.15) is 0 Å². The number of rotatable bonds is 5. The van der Waals surface area contributed by atoms with Crippen LogP contribution in [-0.2, 0) is 9.59 Å². The lowest BCUT2D eigenvalue weighted by atomic mass is 10.1. The van der Waals surface area contributed by atoms with Crippen molar-refractivity contribution in [1.29, 1.82) is 0 Å². The van der Waals surface area contributed by atoms with Crippen LogP contribution in [0.25, 0.3) is 5.69 Å². The van der Waals surface area contributed by atoms with Crippen molar-refractivity contribution < 1.29 is 14.4 Å². The van der Waals surface area contributed by atoms with Crippen LogP contribution in [0, 0.1) is 13.8 Å². The molecule has 5 rings (SSSR count). The maximum atomic E-state index is 13.2. The largest absolute Gasteiger partial charge is 0.320 e. The minimum atomic E-state index is -0.357. The summed E-state index contributed by atoms with van der Waals surface area (Å²) in [4.78, 5) is 38.8. The molecule has 1 saturated heterocycles. The lowest BCUT2D eigenvalue weighted by molar-refractivity contribution is -0.121. The standard InChI is InChI=1S/C24H23N5O3/c1-14-6-10-17(11-7-14)29-23(16-8-9-16)22(26-27-29)24(32)25-18-4-3-5-19(15(18)2)28-20(30)12-13-21(28)31/h3-7,10-11,16H,8-9,12-13H2,1-2H3,(H,25,32). The van der Waals surface area contributed by atoms with Gasteiger partial charge in [-0.15, -0.1) is 5.10 Å². The Morgan fingerprint density at radius 1 is 1.00 bits per heavy atom. The number of hydrogen-bond acceptors (Lipinski definition) is 5. The summed E-state index contributed by atoms with van der Waals surface area (Å²) >= 11 is 0. The minimum absolute atomic E-state index is 0.210. The number of imide groups is 1. The third-order valence-electron chi connectivity index (χ3n) is 6.01. The highest BCUT2D eigenvalue weighted by molar-refractivity contribution is 6.20. The van der Waals surface area contributed by atoms with Crippen LogP contribution in [0.15, 0.2) is 42.5 Å². The van der Waals surface area contributed by atoms with E-state index in [1.54, 1.807) is 29.8 Å². The molecule has 0 unspecified atom stereocenters. The molecule has 1 saturated carbocycles. The number of aryl methyl sites for hydroxylation is 1. The summed E-state index contributed by atoms with van der Waals surface area (Å²) < 4.78 is 1.75. The second kappa shape index (κ2) is 7.71. The van der Waals surface area contributed by atoms with Crippen molar-refractivity contribution in [3.63, 3.8) is 0 Å². The Hall–Kier alpha value is -3.81. The number of carbonyl (C=O) groups is 3. The minimum Gasteiger partial charge on any atom is -0.320 e. The quantitative estimate of drug-likeness (QED) is 0.624. The summed E-state index contributed by atoms with van der Waals surface area (Å²) in [6.45, 7) is 3.81. The van der Waals surface area contributed by atoms with Gasteiger partial charge in [-0.2, -0.15) is 0 Å². The number of aromatic nitrogens is 3. The topological polar surface area (TPSA) is 97.2 Å². The van der Waals surface area contributed by atoms with Gasteiger partial charge >= 0.3 is 0 Å². The molecule has 0 radical (unpaired) electrons. The number of amides is 3. The van der Waals surface area contributed by atoms with E-state index in [0.29, 0.717) is 22.6 Å². The van der Waals surface area contributed by atoms with Gasteiger partial charge in [0.05, 0.1) is 17.1 Å². The number of benzene rings is 2. The zero-order valence-electron chi connectivity index (χ0n) is 18.0. The maximum Gasteiger partial charge on any atom is 0.278 e. The van der Waals surface area contributed by atoms with Crippen LogP contribution in [0.1, 0.15) is 58.9 Å². The van der Waals surface area contributed by atoms with E-state index in [9.17, 15) is 14.4 Å². The molecule has 0 bridgehead atoms. The first-order valence-corrected chi connectivity index (χ1v) is 10.7. The summed E-state index contributed by atoms with van der Waals surface area (Å²) in [6.07, 6.45) is 2.41. The third kappa shape index (κ3) is 3.47. The van der Waals surface area contributed by atoms with Crippen molar-refractivity contribution in [1.82, 2.24) is 15.0 Å². The number of hydrogen-bond donors (Lipinski definition) is 1. The van der Waals surface area contributed by atoms with Gasteiger partial charge in [0.25, 0.3) is 5.91 Å². The summed E-state index contributed by atoms with van der Waals surface area (Å²) in [5.74, 6) is -0.554. The lowest BCUT2D eigenvalue weighted by Gasteiger charge is -2.19. The molecule has 0 spiro atoms. The first kappa shape index (κ1) is 20.1. The summed E-state index contributed by atoms with van der Waals surface area (Å²) in [5, 5.41) is 11.4. The van der Waals surface area contributed by atoms with Crippen LogP contribution in [-0.4, -0.2) is 32.7 Å². The summed E-state index contributed by atoms with van der Waals surface area (Å²) in [5.41, 5.74) is 4.81. The molecular weight excluding hydrogens is 406 g/mol. The monoisotopic (exact) mass is 429 g/mol. The molecule has 1 N–H and O–H groups in total. The van der Waals surface area contributed by atoms with Gasteiger partial charge in [0.15, 0.2) is 5.69 Å². The van der Waals surface area contributed by atoms with E-state index in [2.05, 4.69) is 15.6 Å². The molecule has 32 heavy (non-hydrogen) atoms. The molecule has 8 heteroatoms. The van der Waals surface area contributed by atoms with E-state index >= 15 is 0 Å². The number of nitrogens with one attached hydrogen (secondary N) is 1. The smallest absolute Gasteiger partial charge is 0.278 e. The highest BCUT2D eigenvalue weighted by Gasteiger charge is 2.35. The predicted molar refractivity (Wildman–Crippen MR) is 119 cm³/mol. The van der Waals surface area contributed by atoms with Crippen LogP contribution >= 0.6 is 0 Å². The molecule has 1 aromatic heterocycles. The van der Waals surface area contributed by atoms with Crippen molar-refractivity contribution in [3.05, 3.63) is 65.0 Å². The fraction of sp³-hybridized carbons (Fsp3) is 0.292. The molecule has 2 heterocycles. The van der Waals surface area contributed by atoms with E-state index in [-0.39, 0.29) is 36.5 Å². The van der Waals surface area contributed by atoms with Crippen LogP contribution < -0.4 is 10.2 Å². The van der Waals surface area contributed by atoms with Crippen molar-refractivity contribution >= 4 is 29.1 Å². The van der Waals surface area contributed by atoms with Gasteiger partial charge in [-0.25, -0.2) is 4.68 Å². The summed E-state index contributed by atoms with van der Waals surface area (Å²) in [7, 11) is 0. The zero-order valence-corrected chi connectivity index (χ0v) is 18.0. The summed E-state index contributed by atoms with van der Waals surface area (Å²) in [6, 6.07) is 13.1. The number of nitrogens with zero attached hydrogens (tertiary/aromatic N) is 4. The van der Waals surface area contributed by atoms with Gasteiger partial charge in [0, 0.05) is 24.4 Å². The third-order valence-corrected chi connectivity index (χ3v) is 6.01. The average molecular weight is 429 g/mol. The Balaban J connectivity index is 1.46. The van der Waals surface area contributed by atoms with Crippen LogP contribution in [0.4, 0.5) is 11.4 Å². The number of carbonyl (C=O) groups excluding carboxylic acids is 3. The average Bonchev–Trinajstić information content (AvgIpc) is 3.44. The number of anilines is 2. The van der Waals surface area contributed by atoms with Crippen molar-refractivity contribution in [2.45, 2.75) is 45.4 Å². The lowest BCUT2D eigenvalue weighted by Crippen LogP contribution is -2.29. The molecule has 1 aliphatic heterocycles. The fourth-order valence-corrected chi connectivity index (χ4v) is 4.08. The molecule has 1 aliphatic carbocycles. The van der Waals surface area contributed by atoms with E-state index in [1.165, 1.54) is 4.90 Å². The first-order valence-electron chi connectivity index (χ1n) is 10.7. The van der Waals surface area contributed by atoms with Crippen LogP contribution in [0.3, 0.4) is 0 Å². The molecule has 2 fully saturated rings. The van der Waals surface area contributed by atoms with Crippen LogP contribution in [0.5, 0.6) is 0 Å². The van der Waals surface area contributed by atoms with E-state index < -0.39 is 0 Å². The Morgan fingerprint density at radius 3 is 2.34 bits per heavy atom. The fourth-order valence-electron chi connectivity index (χ4n) is 4.08. The second-order valence-corrected chi connectivity index (χ2v) is 8.37. The van der Waals surface area contributed by atoms with Gasteiger partial charge < -0.3 is 5.32 Å². The van der Waals surface area contributed by atoms with Gasteiger partial charge in [-0.3, -0.25) is 19.3 Å². The van der Waals surface area contributed by atoms with Gasteiger partial charge in [0.2, 0.25) is 11.8 Å². The van der Waals surface area contributed by atoms with Crippen molar-refractivity contribution in [2.24, 2.45) is 0 Å². The van der Waals surface area contributed by atoms with Crippen LogP contribution in [0.2, 0.25) is 0 Å². The van der Waals surface area contributed by atoms with Gasteiger partial charge in [-0.1, -0.05) is 29.0 Å². The Bertz CT molecular complexity index is 1230. The van der Waals surface area contributed by atoms with E-state index in [4.69, 9.17) is 0 Å². The molecule has 0 atom stereocenters. The van der Waals surface area contributed by atoms with Crippen molar-refractivity contribution in [3.8, 4) is 5.69 Å². The molecule has 2 aliphatic rings. The normalized spacial score (nSPS) is 16.0. The Morgan fingerprint density at radius 2 is 1.69 bits per heavy atom. The highest BCUT2D eigenvalue weighted by Crippen LogP contribution is 2.42. The predicted octanol–water partition coefficient (Wildman–Crippen LogP) is 3.67. The maximum absolute atomic E-state index is 13.2. The molecule has 3 aromatic rings. The van der Waals surface area contributed by atoms with E-state index in [1.807, 2.05) is 31.2 Å².